The molecular weight excluding hydrogens is 314 g/mol. The monoisotopic (exact) mass is 337 g/mol. The lowest BCUT2D eigenvalue weighted by atomic mass is 10.0. The molecule has 1 amide bonds. The molecule has 0 aromatic heterocycles. The molecule has 1 saturated carbocycles. The lowest BCUT2D eigenvalue weighted by Gasteiger charge is -2.32. The van der Waals surface area contributed by atoms with E-state index in [0.29, 0.717) is 18.2 Å². The maximum Gasteiger partial charge on any atom is 0.253 e. The summed E-state index contributed by atoms with van der Waals surface area (Å²) < 4.78 is 26.9. The molecule has 1 aliphatic carbocycles. The van der Waals surface area contributed by atoms with E-state index >= 15 is 0 Å². The third-order valence-electron chi connectivity index (χ3n) is 4.43. The van der Waals surface area contributed by atoms with Crippen molar-refractivity contribution in [2.45, 2.75) is 42.7 Å². The quantitative estimate of drug-likeness (QED) is 0.839. The second kappa shape index (κ2) is 6.59. The van der Waals surface area contributed by atoms with E-state index in [1.165, 1.54) is 12.1 Å². The Bertz CT molecular complexity index is 668. The first-order valence-corrected chi connectivity index (χ1v) is 9.57. The second-order valence-corrected chi connectivity index (χ2v) is 8.01. The number of hydrogen-bond acceptors (Lipinski definition) is 4. The van der Waals surface area contributed by atoms with E-state index in [2.05, 4.69) is 10.0 Å². The van der Waals surface area contributed by atoms with E-state index in [9.17, 15) is 13.2 Å². The molecule has 1 aromatic carbocycles. The van der Waals surface area contributed by atoms with Crippen molar-refractivity contribution >= 4 is 15.9 Å². The summed E-state index contributed by atoms with van der Waals surface area (Å²) in [5, 5.41) is 3.21. The summed E-state index contributed by atoms with van der Waals surface area (Å²) in [6.07, 6.45) is 3.86. The molecule has 1 heterocycles. The molecular formula is C16H23N3O3S. The number of piperidine rings is 1. The maximum atomic E-state index is 12.5. The molecule has 1 aromatic rings. The summed E-state index contributed by atoms with van der Waals surface area (Å²) in [5.74, 6) is -0.0379. The minimum Gasteiger partial charge on any atom is -0.337 e. The number of amides is 1. The molecule has 1 unspecified atom stereocenters. The van der Waals surface area contributed by atoms with Gasteiger partial charge in [0.1, 0.15) is 0 Å². The summed E-state index contributed by atoms with van der Waals surface area (Å²) in [7, 11) is -1.55. The summed E-state index contributed by atoms with van der Waals surface area (Å²) in [5.41, 5.74) is 0.534. The third-order valence-corrected chi connectivity index (χ3v) is 5.96. The van der Waals surface area contributed by atoms with E-state index in [0.717, 1.165) is 32.2 Å². The van der Waals surface area contributed by atoms with Crippen molar-refractivity contribution in [1.29, 1.82) is 0 Å². The summed E-state index contributed by atoms with van der Waals surface area (Å²) in [6, 6.07) is 6.64. The van der Waals surface area contributed by atoms with E-state index in [-0.39, 0.29) is 16.8 Å². The van der Waals surface area contributed by atoms with Crippen LogP contribution in [0.25, 0.3) is 0 Å². The third kappa shape index (κ3) is 3.91. The summed E-state index contributed by atoms with van der Waals surface area (Å²) >= 11 is 0. The van der Waals surface area contributed by atoms with Crippen molar-refractivity contribution in [2.75, 3.05) is 20.1 Å². The van der Waals surface area contributed by atoms with Gasteiger partial charge in [0.05, 0.1) is 4.90 Å². The lowest BCUT2D eigenvalue weighted by molar-refractivity contribution is 0.0698. The average Bonchev–Trinajstić information content (AvgIpc) is 3.37. The number of likely N-dealkylation sites (N-methyl/N-ethyl adjacent to an activating group) is 1. The van der Waals surface area contributed by atoms with Crippen molar-refractivity contribution in [2.24, 2.45) is 0 Å². The van der Waals surface area contributed by atoms with Crippen molar-refractivity contribution < 1.29 is 13.2 Å². The van der Waals surface area contributed by atoms with Crippen LogP contribution in [-0.4, -0.2) is 51.4 Å². The van der Waals surface area contributed by atoms with E-state index < -0.39 is 10.0 Å². The van der Waals surface area contributed by atoms with Gasteiger partial charge in [-0.1, -0.05) is 0 Å². The van der Waals surface area contributed by atoms with E-state index in [1.54, 1.807) is 12.1 Å². The molecule has 0 radical (unpaired) electrons. The minimum atomic E-state index is -3.46. The minimum absolute atomic E-state index is 0.0379. The Morgan fingerprint density at radius 1 is 1.13 bits per heavy atom. The van der Waals surface area contributed by atoms with Crippen LogP contribution in [0.4, 0.5) is 0 Å². The number of nitrogens with one attached hydrogen (secondary N) is 2. The fourth-order valence-electron chi connectivity index (χ4n) is 2.85. The molecule has 1 saturated heterocycles. The Labute approximate surface area is 137 Å². The highest BCUT2D eigenvalue weighted by Gasteiger charge is 2.28. The molecule has 7 heteroatoms. The van der Waals surface area contributed by atoms with Crippen LogP contribution in [0.3, 0.4) is 0 Å². The molecule has 2 N–H and O–H groups in total. The van der Waals surface area contributed by atoms with Gasteiger partial charge in [-0.2, -0.15) is 0 Å². The Kier molecular flexibility index (Phi) is 4.70. The predicted octanol–water partition coefficient (Wildman–Crippen LogP) is 0.951. The van der Waals surface area contributed by atoms with Gasteiger partial charge in [-0.25, -0.2) is 13.1 Å². The standard InChI is InChI=1S/C16H23N3O3S/c1-17-14-3-2-10-19(11-14)16(20)12-4-8-15(9-5-12)23(21,22)18-13-6-7-13/h4-5,8-9,13-14,17-18H,2-3,6-7,10-11H2,1H3. The van der Waals surface area contributed by atoms with Gasteiger partial charge in [0.15, 0.2) is 0 Å². The number of carbonyl (C=O) groups excluding carboxylic acids is 1. The predicted molar refractivity (Wildman–Crippen MR) is 87.8 cm³/mol. The first-order valence-electron chi connectivity index (χ1n) is 8.08. The van der Waals surface area contributed by atoms with Crippen LogP contribution in [0.1, 0.15) is 36.0 Å². The summed E-state index contributed by atoms with van der Waals surface area (Å²) in [6.45, 7) is 1.44. The highest BCUT2D eigenvalue weighted by atomic mass is 32.2. The highest BCUT2D eigenvalue weighted by molar-refractivity contribution is 7.89. The topological polar surface area (TPSA) is 78.5 Å². The first kappa shape index (κ1) is 16.4. The molecule has 6 nitrogen and oxygen atoms in total. The number of nitrogens with zero attached hydrogens (tertiary/aromatic N) is 1. The first-order chi connectivity index (χ1) is 11.0. The van der Waals surface area contributed by atoms with E-state index in [1.807, 2.05) is 11.9 Å². The number of rotatable bonds is 5. The molecule has 3 rings (SSSR count). The van der Waals surface area contributed by atoms with Crippen molar-refractivity contribution in [3.8, 4) is 0 Å². The molecule has 2 fully saturated rings. The number of likely N-dealkylation sites (tertiary alicyclic amines) is 1. The molecule has 126 valence electrons. The lowest BCUT2D eigenvalue weighted by Crippen LogP contribution is -2.46. The smallest absolute Gasteiger partial charge is 0.253 e. The van der Waals surface area contributed by atoms with Gasteiger partial charge in [0.2, 0.25) is 10.0 Å². The Morgan fingerprint density at radius 2 is 1.83 bits per heavy atom. The largest absolute Gasteiger partial charge is 0.337 e. The zero-order valence-corrected chi connectivity index (χ0v) is 14.1. The van der Waals surface area contributed by atoms with E-state index in [4.69, 9.17) is 0 Å². The SMILES string of the molecule is CNC1CCCN(C(=O)c2ccc(S(=O)(=O)NC3CC3)cc2)C1. The normalized spacial score (nSPS) is 22.1. The van der Waals surface area contributed by atoms with Gasteiger partial charge in [-0.3, -0.25) is 4.79 Å². The average molecular weight is 337 g/mol. The molecule has 23 heavy (non-hydrogen) atoms. The fourth-order valence-corrected chi connectivity index (χ4v) is 4.15. The van der Waals surface area contributed by atoms with Gasteiger partial charge in [0, 0.05) is 30.7 Å². The molecule has 1 aliphatic heterocycles. The Balaban J connectivity index is 1.70. The molecule has 0 spiro atoms. The number of benzene rings is 1. The molecule has 1 atom stereocenters. The van der Waals surface area contributed by atoms with Crippen molar-refractivity contribution in [3.05, 3.63) is 29.8 Å². The van der Waals surface area contributed by atoms with Crippen LogP contribution in [-0.2, 0) is 10.0 Å². The number of sulfonamides is 1. The van der Waals surface area contributed by atoms with Crippen molar-refractivity contribution in [3.63, 3.8) is 0 Å². The second-order valence-electron chi connectivity index (χ2n) is 6.30. The van der Waals surface area contributed by atoms with Crippen LogP contribution >= 0.6 is 0 Å². The molecule has 0 bridgehead atoms. The van der Waals surface area contributed by atoms with Crippen LogP contribution in [0.15, 0.2) is 29.2 Å². The van der Waals surface area contributed by atoms with Gasteiger partial charge in [0.25, 0.3) is 5.91 Å². The van der Waals surface area contributed by atoms with Crippen LogP contribution in [0.5, 0.6) is 0 Å². The highest BCUT2D eigenvalue weighted by Crippen LogP contribution is 2.22. The van der Waals surface area contributed by atoms with Crippen LogP contribution in [0.2, 0.25) is 0 Å². The van der Waals surface area contributed by atoms with Crippen LogP contribution in [0, 0.1) is 0 Å². The van der Waals surface area contributed by atoms with Crippen molar-refractivity contribution in [1.82, 2.24) is 14.9 Å². The van der Waals surface area contributed by atoms with Crippen LogP contribution < -0.4 is 10.0 Å². The van der Waals surface area contributed by atoms with Gasteiger partial charge >= 0.3 is 0 Å². The molecule has 2 aliphatic rings. The Hall–Kier alpha value is -1.44. The van der Waals surface area contributed by atoms with Gasteiger partial charge < -0.3 is 10.2 Å². The van der Waals surface area contributed by atoms with Gasteiger partial charge in [-0.15, -0.1) is 0 Å². The summed E-state index contributed by atoms with van der Waals surface area (Å²) in [4.78, 5) is 14.6. The maximum absolute atomic E-state index is 12.5. The van der Waals surface area contributed by atoms with Gasteiger partial charge in [-0.05, 0) is 57.0 Å². The zero-order chi connectivity index (χ0) is 16.4. The zero-order valence-electron chi connectivity index (χ0n) is 13.3. The Morgan fingerprint density at radius 3 is 2.43 bits per heavy atom. The number of carbonyl (C=O) groups is 1. The fraction of sp³-hybridized carbons (Fsp3) is 0.562. The number of hydrogen-bond donors (Lipinski definition) is 2.